The van der Waals surface area contributed by atoms with Gasteiger partial charge in [-0.15, -0.1) is 0 Å². The van der Waals surface area contributed by atoms with Crippen molar-refractivity contribution >= 4 is 34.8 Å². The van der Waals surface area contributed by atoms with Crippen LogP contribution in [0.25, 0.3) is 0 Å². The van der Waals surface area contributed by atoms with Crippen LogP contribution in [0.1, 0.15) is 51.2 Å². The molecule has 0 spiro atoms. The van der Waals surface area contributed by atoms with E-state index in [1.807, 2.05) is 36.1 Å². The van der Waals surface area contributed by atoms with E-state index in [1.54, 1.807) is 6.07 Å². The number of hydrogen-bond donors (Lipinski definition) is 1. The number of hydrogen-bond acceptors (Lipinski definition) is 4. The van der Waals surface area contributed by atoms with Crippen LogP contribution in [-0.4, -0.2) is 49.5 Å². The van der Waals surface area contributed by atoms with E-state index in [2.05, 4.69) is 44.0 Å². The van der Waals surface area contributed by atoms with Gasteiger partial charge < -0.3 is 19.9 Å². The molecule has 0 aliphatic carbocycles. The van der Waals surface area contributed by atoms with Crippen molar-refractivity contribution in [3.05, 3.63) is 52.5 Å². The Bertz CT molecular complexity index is 1010. The molecule has 1 N–H and O–H groups in total. The van der Waals surface area contributed by atoms with E-state index in [0.717, 1.165) is 35.7 Å². The summed E-state index contributed by atoms with van der Waals surface area (Å²) in [5.74, 6) is 1.39. The van der Waals surface area contributed by atoms with Crippen molar-refractivity contribution in [2.75, 3.05) is 43.0 Å². The van der Waals surface area contributed by atoms with Crippen LogP contribution >= 0.6 is 11.6 Å². The lowest BCUT2D eigenvalue weighted by Crippen LogP contribution is -2.49. The normalized spacial score (nSPS) is 14.0. The molecule has 1 fully saturated rings. The zero-order valence-corrected chi connectivity index (χ0v) is 21.6. The molecule has 2 amide bonds. The van der Waals surface area contributed by atoms with Crippen LogP contribution in [0.5, 0.6) is 5.75 Å². The van der Waals surface area contributed by atoms with Crippen LogP contribution in [0.15, 0.2) is 36.4 Å². The third-order valence-electron chi connectivity index (χ3n) is 5.94. The molecule has 2 aromatic carbocycles. The van der Waals surface area contributed by atoms with Gasteiger partial charge in [0.25, 0.3) is 5.91 Å². The lowest BCUT2D eigenvalue weighted by Gasteiger charge is -2.36. The molecule has 3 rings (SSSR count). The minimum absolute atomic E-state index is 0.0745. The van der Waals surface area contributed by atoms with Gasteiger partial charge in [0, 0.05) is 38.3 Å². The number of anilines is 2. The van der Waals surface area contributed by atoms with Gasteiger partial charge in [-0.2, -0.15) is 0 Å². The summed E-state index contributed by atoms with van der Waals surface area (Å²) in [6.45, 7) is 13.1. The van der Waals surface area contributed by atoms with E-state index < -0.39 is 0 Å². The summed E-state index contributed by atoms with van der Waals surface area (Å²) in [5, 5.41) is 3.44. The molecule has 7 heteroatoms. The minimum Gasteiger partial charge on any atom is -0.483 e. The van der Waals surface area contributed by atoms with Crippen LogP contribution < -0.4 is 15.0 Å². The van der Waals surface area contributed by atoms with Gasteiger partial charge in [0.15, 0.2) is 6.61 Å². The second-order valence-electron chi connectivity index (χ2n) is 9.66. The molecule has 1 aliphatic rings. The fourth-order valence-corrected chi connectivity index (χ4v) is 4.40. The average Bonchev–Trinajstić information content (AvgIpc) is 2.77. The lowest BCUT2D eigenvalue weighted by molar-refractivity contribution is -0.132. The second-order valence-corrected chi connectivity index (χ2v) is 10.1. The fourth-order valence-electron chi connectivity index (χ4n) is 4.10. The molecular weight excluding hydrogens is 450 g/mol. The molecule has 0 bridgehead atoms. The van der Waals surface area contributed by atoms with E-state index in [9.17, 15) is 9.59 Å². The van der Waals surface area contributed by atoms with Gasteiger partial charge in [-0.3, -0.25) is 9.59 Å². The van der Waals surface area contributed by atoms with E-state index in [-0.39, 0.29) is 18.4 Å². The van der Waals surface area contributed by atoms with Crippen molar-refractivity contribution in [2.24, 2.45) is 5.92 Å². The highest BCUT2D eigenvalue weighted by Gasteiger charge is 2.23. The van der Waals surface area contributed by atoms with Crippen molar-refractivity contribution in [1.29, 1.82) is 0 Å². The van der Waals surface area contributed by atoms with Crippen molar-refractivity contribution in [3.8, 4) is 5.75 Å². The van der Waals surface area contributed by atoms with E-state index >= 15 is 0 Å². The quantitative estimate of drug-likeness (QED) is 0.537. The van der Waals surface area contributed by atoms with Gasteiger partial charge >= 0.3 is 0 Å². The summed E-state index contributed by atoms with van der Waals surface area (Å²) in [4.78, 5) is 28.9. The minimum atomic E-state index is -0.239. The maximum Gasteiger partial charge on any atom is 0.262 e. The molecule has 0 aromatic heterocycles. The number of nitrogens with one attached hydrogen (secondary N) is 1. The van der Waals surface area contributed by atoms with Gasteiger partial charge in [0.05, 0.1) is 10.7 Å². The highest BCUT2D eigenvalue weighted by molar-refractivity contribution is 6.33. The Kier molecular flexibility index (Phi) is 8.84. The third-order valence-corrected chi connectivity index (χ3v) is 6.24. The summed E-state index contributed by atoms with van der Waals surface area (Å²) >= 11 is 6.56. The first kappa shape index (κ1) is 25.9. The van der Waals surface area contributed by atoms with Gasteiger partial charge in [-0.05, 0) is 54.2 Å². The van der Waals surface area contributed by atoms with E-state index in [0.29, 0.717) is 42.1 Å². The molecule has 0 radical (unpaired) electrons. The van der Waals surface area contributed by atoms with Crippen molar-refractivity contribution in [2.45, 2.75) is 47.0 Å². The second kappa shape index (κ2) is 11.6. The van der Waals surface area contributed by atoms with Gasteiger partial charge in [0.1, 0.15) is 5.75 Å². The number of rotatable bonds is 8. The first-order valence-corrected chi connectivity index (χ1v) is 12.4. The Labute approximate surface area is 208 Å². The Balaban J connectivity index is 1.55. The molecule has 1 heterocycles. The number of halogens is 1. The molecule has 2 aromatic rings. The molecular formula is C27H36ClN3O3. The number of carbonyl (C=O) groups is 2. The number of aryl methyl sites for hydroxylation is 1. The fraction of sp³-hybridized carbons (Fsp3) is 0.481. The first-order chi connectivity index (χ1) is 16.1. The molecule has 1 aliphatic heterocycles. The number of nitrogens with zero attached hydrogens (tertiary/aromatic N) is 2. The highest BCUT2D eigenvalue weighted by atomic mass is 35.5. The van der Waals surface area contributed by atoms with Crippen LogP contribution in [0.4, 0.5) is 11.4 Å². The highest BCUT2D eigenvalue weighted by Crippen LogP contribution is 2.30. The smallest absolute Gasteiger partial charge is 0.262 e. The summed E-state index contributed by atoms with van der Waals surface area (Å²) in [5.41, 5.74) is 3.71. The molecule has 0 unspecified atom stereocenters. The molecule has 34 heavy (non-hydrogen) atoms. The van der Waals surface area contributed by atoms with Crippen molar-refractivity contribution in [3.63, 3.8) is 0 Å². The van der Waals surface area contributed by atoms with Gasteiger partial charge in [0.2, 0.25) is 5.91 Å². The van der Waals surface area contributed by atoms with Crippen LogP contribution in [0.2, 0.25) is 5.02 Å². The van der Waals surface area contributed by atoms with Crippen molar-refractivity contribution < 1.29 is 14.3 Å². The maximum atomic E-state index is 12.5. The van der Waals surface area contributed by atoms with Crippen LogP contribution in [0.3, 0.4) is 0 Å². The molecule has 0 atom stereocenters. The van der Waals surface area contributed by atoms with Crippen LogP contribution in [0, 0.1) is 12.8 Å². The Morgan fingerprint density at radius 2 is 1.74 bits per heavy atom. The Morgan fingerprint density at radius 1 is 1.03 bits per heavy atom. The van der Waals surface area contributed by atoms with Crippen LogP contribution in [-0.2, 0) is 9.59 Å². The predicted octanol–water partition coefficient (Wildman–Crippen LogP) is 5.48. The number of carbonyl (C=O) groups excluding carboxylic acids is 2. The third kappa shape index (κ3) is 6.89. The number of benzene rings is 2. The number of ether oxygens (including phenoxy) is 1. The zero-order valence-electron chi connectivity index (χ0n) is 20.9. The largest absolute Gasteiger partial charge is 0.483 e. The summed E-state index contributed by atoms with van der Waals surface area (Å²) < 4.78 is 5.83. The zero-order chi connectivity index (χ0) is 24.8. The van der Waals surface area contributed by atoms with E-state index in [1.165, 1.54) is 0 Å². The topological polar surface area (TPSA) is 61.9 Å². The standard InChI is InChI=1S/C27H36ClN3O3/c1-18(2)14-27(33)31-12-10-30(11-13-31)24-9-7-21(16-23(24)28)29-26(32)17-34-25-15-20(5)6-8-22(25)19(3)4/h6-9,15-16,18-19H,10-14,17H2,1-5H3,(H,29,32). The number of piperazine rings is 1. The summed E-state index contributed by atoms with van der Waals surface area (Å²) in [7, 11) is 0. The summed E-state index contributed by atoms with van der Waals surface area (Å²) in [6, 6.07) is 11.6. The van der Waals surface area contributed by atoms with E-state index in [4.69, 9.17) is 16.3 Å². The molecule has 6 nitrogen and oxygen atoms in total. The number of amides is 2. The Hall–Kier alpha value is -2.73. The monoisotopic (exact) mass is 485 g/mol. The molecule has 184 valence electrons. The molecule has 1 saturated heterocycles. The Morgan fingerprint density at radius 3 is 2.35 bits per heavy atom. The molecule has 0 saturated carbocycles. The maximum absolute atomic E-state index is 12.5. The van der Waals surface area contributed by atoms with Gasteiger partial charge in [-0.25, -0.2) is 0 Å². The predicted molar refractivity (Wildman–Crippen MR) is 139 cm³/mol. The lowest BCUT2D eigenvalue weighted by atomic mass is 10.0. The SMILES string of the molecule is Cc1ccc(C(C)C)c(OCC(=O)Nc2ccc(N3CCN(C(=O)CC(C)C)CC3)c(Cl)c2)c1. The average molecular weight is 486 g/mol. The van der Waals surface area contributed by atoms with Gasteiger partial charge in [-0.1, -0.05) is 51.4 Å². The summed E-state index contributed by atoms with van der Waals surface area (Å²) in [6.07, 6.45) is 0.585. The first-order valence-electron chi connectivity index (χ1n) is 12.0. The van der Waals surface area contributed by atoms with Crippen molar-refractivity contribution in [1.82, 2.24) is 4.90 Å².